The van der Waals surface area contributed by atoms with Crippen LogP contribution < -0.4 is 4.90 Å². The number of hydrogen-bond acceptors (Lipinski definition) is 5. The van der Waals surface area contributed by atoms with Crippen LogP contribution in [0, 0.1) is 15.9 Å². The Morgan fingerprint density at radius 3 is 2.52 bits per heavy atom. The second kappa shape index (κ2) is 5.39. The Kier molecular flexibility index (Phi) is 4.09. The molecule has 0 aromatic heterocycles. The number of anilines is 1. The highest BCUT2D eigenvalue weighted by atomic mass is 35.7. The number of nitrogens with zero attached hydrogens (tertiary/aromatic N) is 2. The summed E-state index contributed by atoms with van der Waals surface area (Å²) >= 11 is 5.56. The zero-order valence-corrected chi connectivity index (χ0v) is 12.5. The zero-order valence-electron chi connectivity index (χ0n) is 10.1. The SMILES string of the molecule is O=C1CC(S(=O)(=O)Cl)CN1c1cc(Cl)c(F)cc1[N+](=O)[O-]. The Hall–Kier alpha value is -1.45. The van der Waals surface area contributed by atoms with Crippen LogP contribution in [0.2, 0.25) is 5.02 Å². The van der Waals surface area contributed by atoms with Crippen molar-refractivity contribution in [3.8, 4) is 0 Å². The molecule has 0 spiro atoms. The van der Waals surface area contributed by atoms with Crippen LogP contribution in [0.1, 0.15) is 6.42 Å². The van der Waals surface area contributed by atoms with Crippen molar-refractivity contribution < 1.29 is 22.5 Å². The van der Waals surface area contributed by atoms with Gasteiger partial charge in [-0.25, -0.2) is 12.8 Å². The standard InChI is InChI=1S/C10H7Cl2FN2O5S/c11-6-2-8(9(15(17)18)3-7(6)13)14-4-5(1-10(14)16)21(12,19)20/h2-3,5H,1,4H2. The molecular weight excluding hydrogens is 350 g/mol. The predicted octanol–water partition coefficient (Wildman–Crippen LogP) is 2.06. The van der Waals surface area contributed by atoms with E-state index in [0.717, 1.165) is 11.0 Å². The molecule has 1 unspecified atom stereocenters. The molecule has 1 atom stereocenters. The fourth-order valence-corrected chi connectivity index (χ4v) is 3.17. The highest BCUT2D eigenvalue weighted by Crippen LogP contribution is 2.36. The molecule has 1 fully saturated rings. The molecule has 1 saturated heterocycles. The van der Waals surface area contributed by atoms with Crippen molar-refractivity contribution in [1.82, 2.24) is 0 Å². The summed E-state index contributed by atoms with van der Waals surface area (Å²) in [6.07, 6.45) is -0.405. The Labute approximate surface area is 127 Å². The number of benzene rings is 1. The molecule has 0 aliphatic carbocycles. The molecule has 1 heterocycles. The van der Waals surface area contributed by atoms with Crippen LogP contribution in [0.4, 0.5) is 15.8 Å². The summed E-state index contributed by atoms with van der Waals surface area (Å²) in [5, 5.41) is 9.34. The van der Waals surface area contributed by atoms with Gasteiger partial charge in [-0.2, -0.15) is 0 Å². The van der Waals surface area contributed by atoms with Crippen LogP contribution in [0.15, 0.2) is 12.1 Å². The normalized spacial score (nSPS) is 19.1. The van der Waals surface area contributed by atoms with Gasteiger partial charge in [0.15, 0.2) is 0 Å². The van der Waals surface area contributed by atoms with Crippen molar-refractivity contribution in [1.29, 1.82) is 0 Å². The van der Waals surface area contributed by atoms with E-state index < -0.39 is 48.1 Å². The summed E-state index contributed by atoms with van der Waals surface area (Å²) < 4.78 is 35.8. The van der Waals surface area contributed by atoms with Crippen LogP contribution in [0.3, 0.4) is 0 Å². The molecule has 1 amide bonds. The Morgan fingerprint density at radius 1 is 1.43 bits per heavy atom. The second-order valence-corrected chi connectivity index (χ2v) is 7.63. The number of nitro benzene ring substituents is 1. The molecule has 21 heavy (non-hydrogen) atoms. The predicted molar refractivity (Wildman–Crippen MR) is 73.6 cm³/mol. The van der Waals surface area contributed by atoms with Gasteiger partial charge < -0.3 is 4.90 Å². The van der Waals surface area contributed by atoms with Gasteiger partial charge in [-0.1, -0.05) is 11.6 Å². The van der Waals surface area contributed by atoms with E-state index >= 15 is 0 Å². The number of amides is 1. The minimum absolute atomic E-state index is 0.265. The number of halogens is 3. The topological polar surface area (TPSA) is 97.6 Å². The summed E-state index contributed by atoms with van der Waals surface area (Å²) in [7, 11) is 1.19. The average Bonchev–Trinajstić information content (AvgIpc) is 2.74. The molecule has 0 bridgehead atoms. The molecule has 0 saturated carbocycles. The van der Waals surface area contributed by atoms with Gasteiger partial charge in [-0.15, -0.1) is 0 Å². The van der Waals surface area contributed by atoms with E-state index in [9.17, 15) is 27.7 Å². The van der Waals surface area contributed by atoms with Gasteiger partial charge in [0, 0.05) is 23.6 Å². The molecule has 0 N–H and O–H groups in total. The number of nitro groups is 1. The maximum absolute atomic E-state index is 13.3. The maximum atomic E-state index is 13.3. The van der Waals surface area contributed by atoms with E-state index in [0.29, 0.717) is 6.07 Å². The summed E-state index contributed by atoms with van der Waals surface area (Å²) in [5.41, 5.74) is -0.947. The number of carbonyl (C=O) groups excluding carboxylic acids is 1. The largest absolute Gasteiger partial charge is 0.305 e. The monoisotopic (exact) mass is 356 g/mol. The average molecular weight is 357 g/mol. The van der Waals surface area contributed by atoms with Crippen LogP contribution in [-0.2, 0) is 13.8 Å². The minimum Gasteiger partial charge on any atom is -0.305 e. The van der Waals surface area contributed by atoms with Crippen molar-refractivity contribution in [3.63, 3.8) is 0 Å². The zero-order chi connectivity index (χ0) is 15.9. The van der Waals surface area contributed by atoms with Crippen LogP contribution in [0.25, 0.3) is 0 Å². The molecule has 2 rings (SSSR count). The number of carbonyl (C=O) groups is 1. The smallest absolute Gasteiger partial charge is 0.295 e. The quantitative estimate of drug-likeness (QED) is 0.469. The van der Waals surface area contributed by atoms with E-state index in [4.69, 9.17) is 22.3 Å². The van der Waals surface area contributed by atoms with Gasteiger partial charge in [-0.05, 0) is 6.07 Å². The second-order valence-electron chi connectivity index (χ2n) is 4.32. The molecular formula is C10H7Cl2FN2O5S. The lowest BCUT2D eigenvalue weighted by Crippen LogP contribution is -2.27. The van der Waals surface area contributed by atoms with E-state index in [1.807, 2.05) is 0 Å². The molecule has 1 aromatic carbocycles. The highest BCUT2D eigenvalue weighted by molar-refractivity contribution is 8.14. The third kappa shape index (κ3) is 3.09. The van der Waals surface area contributed by atoms with Gasteiger partial charge in [0.25, 0.3) is 5.69 Å². The lowest BCUT2D eigenvalue weighted by molar-refractivity contribution is -0.384. The van der Waals surface area contributed by atoms with Crippen molar-refractivity contribution in [2.24, 2.45) is 0 Å². The van der Waals surface area contributed by atoms with Gasteiger partial charge >= 0.3 is 0 Å². The van der Waals surface area contributed by atoms with E-state index in [1.54, 1.807) is 0 Å². The van der Waals surface area contributed by atoms with Crippen LogP contribution in [0.5, 0.6) is 0 Å². The first-order valence-corrected chi connectivity index (χ1v) is 8.23. The molecule has 7 nitrogen and oxygen atoms in total. The summed E-state index contributed by atoms with van der Waals surface area (Å²) in [6.45, 7) is -0.354. The number of hydrogen-bond donors (Lipinski definition) is 0. The Balaban J connectivity index is 2.50. The third-order valence-corrected chi connectivity index (χ3v) is 5.15. The first-order chi connectivity index (χ1) is 9.61. The van der Waals surface area contributed by atoms with Crippen molar-refractivity contribution in [3.05, 3.63) is 33.1 Å². The van der Waals surface area contributed by atoms with Crippen molar-refractivity contribution in [2.75, 3.05) is 11.4 Å². The fraction of sp³-hybridized carbons (Fsp3) is 0.300. The Bertz CT molecular complexity index is 739. The summed E-state index contributed by atoms with van der Waals surface area (Å²) in [5.74, 6) is -1.68. The third-order valence-electron chi connectivity index (χ3n) is 2.99. The van der Waals surface area contributed by atoms with Crippen LogP contribution >= 0.6 is 22.3 Å². The van der Waals surface area contributed by atoms with E-state index in [1.165, 1.54) is 0 Å². The van der Waals surface area contributed by atoms with Gasteiger partial charge in [0.05, 0.1) is 16.0 Å². The molecule has 1 aromatic rings. The fourth-order valence-electron chi connectivity index (χ4n) is 1.98. The van der Waals surface area contributed by atoms with Crippen molar-refractivity contribution in [2.45, 2.75) is 11.7 Å². The lowest BCUT2D eigenvalue weighted by Gasteiger charge is -2.16. The Morgan fingerprint density at radius 2 is 2.05 bits per heavy atom. The highest BCUT2D eigenvalue weighted by Gasteiger charge is 2.40. The molecule has 1 aliphatic rings. The van der Waals surface area contributed by atoms with E-state index in [2.05, 4.69) is 0 Å². The first-order valence-electron chi connectivity index (χ1n) is 5.48. The van der Waals surface area contributed by atoms with E-state index in [-0.39, 0.29) is 12.2 Å². The van der Waals surface area contributed by atoms with Gasteiger partial charge in [0.2, 0.25) is 15.0 Å². The first kappa shape index (κ1) is 15.9. The van der Waals surface area contributed by atoms with Gasteiger partial charge in [-0.3, -0.25) is 14.9 Å². The van der Waals surface area contributed by atoms with Crippen LogP contribution in [-0.4, -0.2) is 31.0 Å². The summed E-state index contributed by atoms with van der Waals surface area (Å²) in [6, 6.07) is 1.49. The molecule has 1 aliphatic heterocycles. The summed E-state index contributed by atoms with van der Waals surface area (Å²) in [4.78, 5) is 22.8. The molecule has 11 heteroatoms. The maximum Gasteiger partial charge on any atom is 0.295 e. The van der Waals surface area contributed by atoms with Crippen molar-refractivity contribution >= 4 is 48.6 Å². The number of rotatable bonds is 3. The lowest BCUT2D eigenvalue weighted by atomic mass is 10.2. The molecule has 0 radical (unpaired) electrons. The van der Waals surface area contributed by atoms with Gasteiger partial charge in [0.1, 0.15) is 16.8 Å². The minimum atomic E-state index is -3.99. The molecule has 114 valence electrons.